The van der Waals surface area contributed by atoms with Crippen LogP contribution in [0.5, 0.6) is 6.01 Å². The highest BCUT2D eigenvalue weighted by molar-refractivity contribution is 6.33. The molecule has 2 fully saturated rings. The quantitative estimate of drug-likeness (QED) is 0.442. The molecule has 0 radical (unpaired) electrons. The number of amides is 1. The van der Waals surface area contributed by atoms with E-state index < -0.39 is 48.6 Å². The van der Waals surface area contributed by atoms with Crippen LogP contribution in [0.25, 0.3) is 28.0 Å². The van der Waals surface area contributed by atoms with Crippen LogP contribution in [0.3, 0.4) is 0 Å². The Bertz CT molecular complexity index is 1430. The predicted molar refractivity (Wildman–Crippen MR) is 130 cm³/mol. The van der Waals surface area contributed by atoms with Crippen LogP contribution in [0.1, 0.15) is 12.0 Å². The second-order valence-corrected chi connectivity index (χ2v) is 9.75. The van der Waals surface area contributed by atoms with Gasteiger partial charge in [0, 0.05) is 13.1 Å². The Hall–Kier alpha value is -3.16. The summed E-state index contributed by atoms with van der Waals surface area (Å²) in [5, 5.41) is 18.9. The molecule has 3 N–H and O–H groups in total. The molecule has 2 aromatic heterocycles. The number of benzene rings is 1. The van der Waals surface area contributed by atoms with Crippen molar-refractivity contribution in [1.29, 1.82) is 0 Å². The highest BCUT2D eigenvalue weighted by Gasteiger charge is 2.48. The molecule has 13 heteroatoms. The Balaban J connectivity index is 1.26. The number of rotatable bonds is 5. The molecule has 5 heterocycles. The number of carbonyl (C=O) groups excluding carboxylic acids is 1. The monoisotopic (exact) mass is 548 g/mol. The van der Waals surface area contributed by atoms with E-state index in [1.807, 2.05) is 0 Å². The van der Waals surface area contributed by atoms with E-state index in [0.717, 1.165) is 0 Å². The third kappa shape index (κ3) is 4.41. The minimum absolute atomic E-state index is 0.0137. The third-order valence-electron chi connectivity index (χ3n) is 7.00. The molecule has 3 aliphatic rings. The number of carbonyl (C=O) groups is 1. The number of aromatic nitrogens is 3. The minimum Gasteiger partial charge on any atom is -0.456 e. The van der Waals surface area contributed by atoms with Crippen molar-refractivity contribution in [3.8, 4) is 17.3 Å². The average Bonchev–Trinajstić information content (AvgIpc) is 3.60. The van der Waals surface area contributed by atoms with Crippen LogP contribution in [0.15, 0.2) is 24.3 Å². The van der Waals surface area contributed by atoms with Gasteiger partial charge in [0.25, 0.3) is 6.01 Å². The summed E-state index contributed by atoms with van der Waals surface area (Å²) in [7, 11) is 0. The predicted octanol–water partition coefficient (Wildman–Crippen LogP) is 2.07. The van der Waals surface area contributed by atoms with Gasteiger partial charge in [0.15, 0.2) is 11.8 Å². The number of pyridine rings is 1. The highest BCUT2D eigenvalue weighted by Crippen LogP contribution is 2.36. The van der Waals surface area contributed by atoms with Crippen molar-refractivity contribution in [3.05, 3.63) is 46.5 Å². The van der Waals surface area contributed by atoms with Crippen LogP contribution >= 0.6 is 11.6 Å². The SMILES string of the molecule is O=C(CO)N1CC=C(c2cc(F)c(-c3nc4nc(O[C@@H]5CO[C@H]6[C@@H]5OC[C@H]6O)[nH]c4cc3Cl)c(F)c2)CC1. The fourth-order valence-electron chi connectivity index (χ4n) is 5.06. The lowest BCUT2D eigenvalue weighted by molar-refractivity contribution is -0.133. The first kappa shape index (κ1) is 25.1. The maximum Gasteiger partial charge on any atom is 0.296 e. The van der Waals surface area contributed by atoms with Crippen LogP contribution in [-0.2, 0) is 14.3 Å². The van der Waals surface area contributed by atoms with E-state index in [1.165, 1.54) is 23.1 Å². The summed E-state index contributed by atoms with van der Waals surface area (Å²) in [6.45, 7) is 0.361. The van der Waals surface area contributed by atoms with E-state index >= 15 is 8.78 Å². The molecule has 0 unspecified atom stereocenters. The van der Waals surface area contributed by atoms with Gasteiger partial charge >= 0.3 is 0 Å². The highest BCUT2D eigenvalue weighted by atomic mass is 35.5. The normalized spacial score (nSPS) is 25.1. The van der Waals surface area contributed by atoms with E-state index in [0.29, 0.717) is 29.6 Å². The van der Waals surface area contributed by atoms with Crippen molar-refractivity contribution in [2.75, 3.05) is 32.9 Å². The molecule has 200 valence electrons. The number of nitrogens with zero attached hydrogens (tertiary/aromatic N) is 3. The first-order valence-corrected chi connectivity index (χ1v) is 12.4. The molecule has 0 spiro atoms. The van der Waals surface area contributed by atoms with Crippen LogP contribution < -0.4 is 4.74 Å². The molecule has 4 atom stereocenters. The number of fused-ring (bicyclic) bond motifs is 2. The summed E-state index contributed by atoms with van der Waals surface area (Å²) in [4.78, 5) is 24.7. The second kappa shape index (κ2) is 9.86. The van der Waals surface area contributed by atoms with E-state index in [2.05, 4.69) is 15.0 Å². The number of imidazole rings is 1. The molecule has 38 heavy (non-hydrogen) atoms. The van der Waals surface area contributed by atoms with Crippen molar-refractivity contribution in [3.63, 3.8) is 0 Å². The smallest absolute Gasteiger partial charge is 0.296 e. The molecular weight excluding hydrogens is 526 g/mol. The van der Waals surface area contributed by atoms with Gasteiger partial charge in [0.05, 0.1) is 35.0 Å². The van der Waals surface area contributed by atoms with Crippen LogP contribution in [0.4, 0.5) is 8.78 Å². The Morgan fingerprint density at radius 2 is 1.95 bits per heavy atom. The van der Waals surface area contributed by atoms with Crippen LogP contribution in [-0.4, -0.2) is 93.3 Å². The van der Waals surface area contributed by atoms with E-state index in [9.17, 15) is 9.90 Å². The molecule has 0 aliphatic carbocycles. The van der Waals surface area contributed by atoms with Gasteiger partial charge in [-0.3, -0.25) is 4.79 Å². The zero-order valence-electron chi connectivity index (χ0n) is 19.9. The molecule has 0 bridgehead atoms. The second-order valence-electron chi connectivity index (χ2n) is 9.34. The standard InChI is InChI=1S/C25H23ClF2N4O6/c26-13-7-16-24(31-25(29-16)38-18-10-37-22-17(34)9-36-23(18)22)30-21(13)20-14(27)5-12(6-15(20)28)11-1-3-32(4-2-11)19(35)8-33/h1,5-7,17-18,22-23,33-34H,2-4,8-10H2,(H,29,30,31)/t17-,18-,22-,23-/m1/s1. The summed E-state index contributed by atoms with van der Waals surface area (Å²) >= 11 is 6.38. The van der Waals surface area contributed by atoms with Crippen molar-refractivity contribution in [2.24, 2.45) is 0 Å². The fourth-order valence-corrected chi connectivity index (χ4v) is 5.30. The molecule has 10 nitrogen and oxygen atoms in total. The maximum atomic E-state index is 15.3. The zero-order chi connectivity index (χ0) is 26.6. The summed E-state index contributed by atoms with van der Waals surface area (Å²) < 4.78 is 47.5. The van der Waals surface area contributed by atoms with Gasteiger partial charge in [-0.25, -0.2) is 13.8 Å². The summed E-state index contributed by atoms with van der Waals surface area (Å²) in [6.07, 6.45) is -0.0280. The number of ether oxygens (including phenoxy) is 3. The van der Waals surface area contributed by atoms with Gasteiger partial charge in [-0.1, -0.05) is 17.7 Å². The largest absolute Gasteiger partial charge is 0.456 e. The maximum absolute atomic E-state index is 15.3. The van der Waals surface area contributed by atoms with Crippen molar-refractivity contribution >= 4 is 34.2 Å². The van der Waals surface area contributed by atoms with Gasteiger partial charge in [-0.05, 0) is 35.8 Å². The molecular formula is C25H23ClF2N4O6. The topological polar surface area (TPSA) is 130 Å². The van der Waals surface area contributed by atoms with E-state index in [1.54, 1.807) is 6.08 Å². The summed E-state index contributed by atoms with van der Waals surface area (Å²) in [6, 6.07) is 3.99. The van der Waals surface area contributed by atoms with Crippen LogP contribution in [0.2, 0.25) is 5.02 Å². The van der Waals surface area contributed by atoms with Crippen LogP contribution in [0, 0.1) is 11.6 Å². The number of halogens is 3. The summed E-state index contributed by atoms with van der Waals surface area (Å²) in [5.41, 5.74) is 1.10. The Morgan fingerprint density at radius 1 is 1.18 bits per heavy atom. The number of nitrogens with one attached hydrogen (secondary N) is 1. The van der Waals surface area contributed by atoms with E-state index in [-0.39, 0.29) is 47.7 Å². The van der Waals surface area contributed by atoms with Gasteiger partial charge in [-0.15, -0.1) is 0 Å². The molecule has 3 aromatic rings. The molecule has 0 saturated carbocycles. The third-order valence-corrected chi connectivity index (χ3v) is 7.28. The fraction of sp³-hybridized carbons (Fsp3) is 0.400. The Labute approximate surface area is 219 Å². The number of H-pyrrole nitrogens is 1. The first-order valence-electron chi connectivity index (χ1n) is 12.0. The Kier molecular flexibility index (Phi) is 6.52. The zero-order valence-corrected chi connectivity index (χ0v) is 20.6. The van der Waals surface area contributed by atoms with E-state index in [4.69, 9.17) is 30.9 Å². The lowest BCUT2D eigenvalue weighted by atomic mass is 9.96. The summed E-state index contributed by atoms with van der Waals surface area (Å²) in [5.74, 6) is -2.09. The van der Waals surface area contributed by atoms with Gasteiger partial charge in [0.1, 0.15) is 36.6 Å². The number of hydrogen-bond acceptors (Lipinski definition) is 8. The molecule has 1 aromatic carbocycles. The average molecular weight is 549 g/mol. The van der Waals surface area contributed by atoms with Gasteiger partial charge in [-0.2, -0.15) is 4.98 Å². The molecule has 3 aliphatic heterocycles. The lowest BCUT2D eigenvalue weighted by Gasteiger charge is -2.26. The lowest BCUT2D eigenvalue weighted by Crippen LogP contribution is -2.36. The number of aliphatic hydroxyl groups excluding tert-OH is 2. The number of aromatic amines is 1. The molecule has 1 amide bonds. The first-order chi connectivity index (χ1) is 18.3. The van der Waals surface area contributed by atoms with Crippen molar-refractivity contribution < 1.29 is 38.0 Å². The number of aliphatic hydroxyl groups is 2. The minimum atomic E-state index is -0.846. The van der Waals surface area contributed by atoms with Crippen molar-refractivity contribution in [2.45, 2.75) is 30.8 Å². The van der Waals surface area contributed by atoms with Crippen molar-refractivity contribution in [1.82, 2.24) is 19.9 Å². The molecule has 2 saturated heterocycles. The molecule has 6 rings (SSSR count). The number of hydrogen-bond donors (Lipinski definition) is 3. The Morgan fingerprint density at radius 3 is 2.66 bits per heavy atom. The van der Waals surface area contributed by atoms with Gasteiger partial charge in [0.2, 0.25) is 5.91 Å². The van der Waals surface area contributed by atoms with Gasteiger partial charge < -0.3 is 34.3 Å².